The maximum Gasteiger partial charge on any atom is 0.198 e. The fourth-order valence-corrected chi connectivity index (χ4v) is 2.93. The summed E-state index contributed by atoms with van der Waals surface area (Å²) in [4.78, 5) is 0. The number of aryl methyl sites for hydroxylation is 1. The Morgan fingerprint density at radius 2 is 2.00 bits per heavy atom. The number of hydrogen-bond donors (Lipinski definition) is 0. The van der Waals surface area contributed by atoms with Gasteiger partial charge in [0.2, 0.25) is 0 Å². The van der Waals surface area contributed by atoms with Crippen molar-refractivity contribution in [3.05, 3.63) is 59.2 Å². The van der Waals surface area contributed by atoms with Gasteiger partial charge in [0, 0.05) is 17.5 Å². The topological polar surface area (TPSA) is 54.0 Å². The molecule has 3 aromatic rings. The van der Waals surface area contributed by atoms with Crippen LogP contribution in [0.1, 0.15) is 12.1 Å². The molecule has 0 radical (unpaired) electrons. The summed E-state index contributed by atoms with van der Waals surface area (Å²) in [6.45, 7) is 0.771. The summed E-state index contributed by atoms with van der Waals surface area (Å²) >= 11 is 6.11. The molecule has 116 valence electrons. The van der Waals surface area contributed by atoms with E-state index in [0.717, 1.165) is 25.1 Å². The third-order valence-corrected chi connectivity index (χ3v) is 4.09. The van der Waals surface area contributed by atoms with E-state index in [1.807, 2.05) is 30.3 Å². The van der Waals surface area contributed by atoms with Crippen LogP contribution in [0.15, 0.2) is 48.5 Å². The Kier molecular flexibility index (Phi) is 3.42. The van der Waals surface area contributed by atoms with Gasteiger partial charge in [-0.15, -0.1) is 9.36 Å². The second kappa shape index (κ2) is 5.59. The zero-order chi connectivity index (χ0) is 15.8. The average Bonchev–Trinajstić information content (AvgIpc) is 3.14. The van der Waals surface area contributed by atoms with Crippen LogP contribution in [0.3, 0.4) is 0 Å². The fourth-order valence-electron chi connectivity index (χ4n) is 2.76. The summed E-state index contributed by atoms with van der Waals surface area (Å²) in [5.41, 5.74) is 1.28. The van der Waals surface area contributed by atoms with Crippen LogP contribution in [-0.4, -0.2) is 9.90 Å². The van der Waals surface area contributed by atoms with Crippen molar-refractivity contribution < 1.29 is 14.5 Å². The predicted molar refractivity (Wildman–Crippen MR) is 83.1 cm³/mol. The number of nitrogens with zero attached hydrogens (tertiary/aromatic N) is 3. The molecule has 1 aromatic heterocycles. The molecule has 0 unspecified atom stereocenters. The van der Waals surface area contributed by atoms with Crippen molar-refractivity contribution in [2.24, 2.45) is 0 Å². The summed E-state index contributed by atoms with van der Waals surface area (Å²) in [6.07, 6.45) is 1.72. The van der Waals surface area contributed by atoms with E-state index in [1.165, 1.54) is 4.68 Å². The molecule has 0 fully saturated rings. The largest absolute Gasteiger partial charge is 0.838 e. The van der Waals surface area contributed by atoms with Crippen LogP contribution >= 0.6 is 11.6 Å². The second-order valence-electron chi connectivity index (χ2n) is 5.41. The van der Waals surface area contributed by atoms with Crippen molar-refractivity contribution in [3.8, 4) is 23.1 Å². The lowest BCUT2D eigenvalue weighted by atomic mass is 10.2. The van der Waals surface area contributed by atoms with Crippen LogP contribution in [0.5, 0.6) is 17.4 Å². The molecule has 5 nitrogen and oxygen atoms in total. The highest BCUT2D eigenvalue weighted by Gasteiger charge is 2.27. The number of aromatic nitrogens is 3. The molecule has 0 saturated carbocycles. The minimum atomic E-state index is -0.109. The van der Waals surface area contributed by atoms with E-state index in [9.17, 15) is 5.11 Å². The first-order chi connectivity index (χ1) is 11.2. The third kappa shape index (κ3) is 2.53. The number of hydrogen-bond acceptors (Lipinski definition) is 3. The van der Waals surface area contributed by atoms with Gasteiger partial charge in [0.25, 0.3) is 0 Å². The van der Waals surface area contributed by atoms with Gasteiger partial charge in [0.1, 0.15) is 18.2 Å². The number of ether oxygens (including phenoxy) is 1. The lowest BCUT2D eigenvalue weighted by Crippen LogP contribution is -2.37. The first kappa shape index (κ1) is 14.1. The highest BCUT2D eigenvalue weighted by molar-refractivity contribution is 6.30. The number of rotatable bonds is 3. The van der Waals surface area contributed by atoms with Crippen LogP contribution in [0, 0.1) is 0 Å². The van der Waals surface area contributed by atoms with Crippen LogP contribution < -0.4 is 14.5 Å². The minimum absolute atomic E-state index is 0.109. The zero-order valence-electron chi connectivity index (χ0n) is 12.3. The Morgan fingerprint density at radius 3 is 2.78 bits per heavy atom. The summed E-state index contributed by atoms with van der Waals surface area (Å²) in [6, 6.07) is 14.6. The van der Waals surface area contributed by atoms with Crippen LogP contribution in [0.25, 0.3) is 5.69 Å². The van der Waals surface area contributed by atoms with Crippen molar-refractivity contribution in [2.75, 3.05) is 0 Å². The molecule has 1 aliphatic heterocycles. The molecule has 0 amide bonds. The van der Waals surface area contributed by atoms with Gasteiger partial charge in [-0.05, 0) is 30.7 Å². The first-order valence-corrected chi connectivity index (χ1v) is 7.82. The van der Waals surface area contributed by atoms with Crippen molar-refractivity contribution in [1.29, 1.82) is 0 Å². The maximum absolute atomic E-state index is 12.6. The minimum Gasteiger partial charge on any atom is -0.838 e. The van der Waals surface area contributed by atoms with Gasteiger partial charge in [-0.2, -0.15) is 0 Å². The van der Waals surface area contributed by atoms with Gasteiger partial charge in [-0.3, -0.25) is 0 Å². The van der Waals surface area contributed by atoms with Crippen LogP contribution in [-0.2, 0) is 13.0 Å². The quantitative estimate of drug-likeness (QED) is 0.695. The van der Waals surface area contributed by atoms with E-state index >= 15 is 0 Å². The highest BCUT2D eigenvalue weighted by atomic mass is 35.5. The summed E-state index contributed by atoms with van der Waals surface area (Å²) in [7, 11) is 0. The first-order valence-electron chi connectivity index (χ1n) is 7.44. The van der Waals surface area contributed by atoms with Crippen molar-refractivity contribution in [1.82, 2.24) is 9.90 Å². The van der Waals surface area contributed by atoms with E-state index in [4.69, 9.17) is 16.3 Å². The van der Waals surface area contributed by atoms with E-state index in [1.54, 1.807) is 22.9 Å². The standard InChI is InChI=1S/C17H14ClN3O2/c18-12-8-9-16(23-13-5-2-1-3-6-13)15(11-12)21-17(22)14-7-4-10-20(14)19-21/h1-3,5-6,8-9,11H,4,7,10H2. The molecule has 1 aliphatic rings. The molecule has 2 aromatic carbocycles. The summed E-state index contributed by atoms with van der Waals surface area (Å²) in [5, 5.41) is 17.5. The van der Waals surface area contributed by atoms with E-state index in [2.05, 4.69) is 5.21 Å². The smallest absolute Gasteiger partial charge is 0.198 e. The van der Waals surface area contributed by atoms with Gasteiger partial charge in [-0.25, -0.2) is 0 Å². The predicted octanol–water partition coefficient (Wildman–Crippen LogP) is 2.63. The van der Waals surface area contributed by atoms with E-state index in [-0.39, 0.29) is 5.88 Å². The maximum atomic E-state index is 12.6. The second-order valence-corrected chi connectivity index (χ2v) is 5.84. The lowest BCUT2D eigenvalue weighted by Gasteiger charge is -2.10. The molecule has 2 heterocycles. The monoisotopic (exact) mass is 327 g/mol. The molecule has 0 bridgehead atoms. The van der Waals surface area contributed by atoms with Crippen molar-refractivity contribution in [2.45, 2.75) is 19.4 Å². The molecule has 6 heteroatoms. The van der Waals surface area contributed by atoms with Gasteiger partial charge < -0.3 is 9.84 Å². The normalized spacial score (nSPS) is 13.1. The third-order valence-electron chi connectivity index (χ3n) is 3.85. The molecule has 23 heavy (non-hydrogen) atoms. The van der Waals surface area contributed by atoms with Crippen molar-refractivity contribution in [3.63, 3.8) is 0 Å². The Bertz CT molecular complexity index is 862. The van der Waals surface area contributed by atoms with Crippen molar-refractivity contribution >= 4 is 11.6 Å². The van der Waals surface area contributed by atoms with E-state index in [0.29, 0.717) is 22.2 Å². The number of benzene rings is 2. The Labute approximate surface area is 138 Å². The summed E-state index contributed by atoms with van der Waals surface area (Å²) in [5.74, 6) is 1.12. The number of para-hydroxylation sites is 1. The summed E-state index contributed by atoms with van der Waals surface area (Å²) < 4.78 is 9.04. The molecule has 4 rings (SSSR count). The molecular weight excluding hydrogens is 314 g/mol. The number of fused-ring (bicyclic) bond motifs is 1. The van der Waals surface area contributed by atoms with Gasteiger partial charge in [0.05, 0.1) is 5.21 Å². The van der Waals surface area contributed by atoms with Gasteiger partial charge in [0.15, 0.2) is 17.1 Å². The SMILES string of the molecule is [O-]c1c2n(n[n+]1-c1cc(Cl)ccc1Oc1ccccc1)CCC2. The van der Waals surface area contributed by atoms with Crippen LogP contribution in [0.4, 0.5) is 0 Å². The van der Waals surface area contributed by atoms with Gasteiger partial charge in [-0.1, -0.05) is 29.8 Å². The Balaban J connectivity index is 1.80. The fraction of sp³-hybridized carbons (Fsp3) is 0.176. The van der Waals surface area contributed by atoms with Gasteiger partial charge >= 0.3 is 0 Å². The molecule has 0 spiro atoms. The molecule has 0 N–H and O–H groups in total. The Hall–Kier alpha value is -2.53. The Morgan fingerprint density at radius 1 is 1.17 bits per heavy atom. The molecule has 0 aliphatic carbocycles. The molecular formula is C17H14ClN3O2. The molecule has 0 atom stereocenters. The van der Waals surface area contributed by atoms with Crippen LogP contribution in [0.2, 0.25) is 5.02 Å². The lowest BCUT2D eigenvalue weighted by molar-refractivity contribution is -0.704. The number of halogens is 1. The van der Waals surface area contributed by atoms with E-state index < -0.39 is 0 Å². The zero-order valence-corrected chi connectivity index (χ0v) is 13.0. The average molecular weight is 328 g/mol. The highest BCUT2D eigenvalue weighted by Crippen LogP contribution is 2.29. The molecule has 0 saturated heterocycles.